The maximum absolute atomic E-state index is 15.6. The molecule has 0 heterocycles. The Hall–Kier alpha value is -2.25. The Balaban J connectivity index is 1.15. The minimum absolute atomic E-state index is 0.00854. The standard InChI is InChI=1S/C43H58O7/c1-23(44)42(49)17-13-31-29-9-7-25-19-27(46)21-35(40(25,5)33(29)11-15-38(31,42)3)37(48)36-22-28(47)20-26-8-10-30-32-14-18-43(50,24(2)45)39(32,4)16-12-34(30)41(26,36)6/h19-20,29-36,49-50H,7-18,21-22H2,1-6H3/t29-,30-,31-,32-,33-,34-,35?,36?,38-,39-,40-,41-,42-,43-/m0/s1. The highest BCUT2D eigenvalue weighted by molar-refractivity contribution is 6.02. The smallest absolute Gasteiger partial charge is 0.161 e. The van der Waals surface area contributed by atoms with Crippen LogP contribution >= 0.6 is 0 Å². The van der Waals surface area contributed by atoms with Gasteiger partial charge >= 0.3 is 0 Å². The van der Waals surface area contributed by atoms with Crippen LogP contribution in [0.5, 0.6) is 0 Å². The third-order valence-corrected chi connectivity index (χ3v) is 18.4. The highest BCUT2D eigenvalue weighted by atomic mass is 16.3. The lowest BCUT2D eigenvalue weighted by atomic mass is 9.41. The monoisotopic (exact) mass is 686 g/mol. The van der Waals surface area contributed by atoms with Crippen molar-refractivity contribution in [3.8, 4) is 0 Å². The summed E-state index contributed by atoms with van der Waals surface area (Å²) in [7, 11) is 0. The first-order chi connectivity index (χ1) is 23.4. The number of ketones is 5. The number of allylic oxidation sites excluding steroid dienone is 2. The molecule has 7 heteroatoms. The van der Waals surface area contributed by atoms with Crippen LogP contribution in [0.25, 0.3) is 0 Å². The summed E-state index contributed by atoms with van der Waals surface area (Å²) in [4.78, 5) is 68.3. The fraction of sp³-hybridized carbons (Fsp3) is 0.791. The lowest BCUT2D eigenvalue weighted by Crippen LogP contribution is -2.61. The molecular formula is C43H58O7. The summed E-state index contributed by atoms with van der Waals surface area (Å²) in [5.74, 6) is -0.0243. The molecule has 0 aromatic rings. The maximum atomic E-state index is 15.6. The number of hydrogen-bond acceptors (Lipinski definition) is 7. The van der Waals surface area contributed by atoms with Crippen LogP contribution in [0.15, 0.2) is 23.3 Å². The van der Waals surface area contributed by atoms with E-state index < -0.39 is 44.7 Å². The van der Waals surface area contributed by atoms with Gasteiger partial charge in [-0.3, -0.25) is 24.0 Å². The molecule has 0 aromatic heterocycles. The van der Waals surface area contributed by atoms with Crippen molar-refractivity contribution in [2.75, 3.05) is 0 Å². The maximum Gasteiger partial charge on any atom is 0.161 e. The molecule has 0 aromatic carbocycles. The van der Waals surface area contributed by atoms with Gasteiger partial charge in [-0.25, -0.2) is 0 Å². The van der Waals surface area contributed by atoms with Crippen molar-refractivity contribution in [3.63, 3.8) is 0 Å². The van der Waals surface area contributed by atoms with E-state index in [4.69, 9.17) is 0 Å². The van der Waals surface area contributed by atoms with Gasteiger partial charge < -0.3 is 10.2 Å². The Bertz CT molecular complexity index is 1540. The molecule has 272 valence electrons. The first-order valence-electron chi connectivity index (χ1n) is 19.9. The predicted octanol–water partition coefficient (Wildman–Crippen LogP) is 6.71. The molecule has 0 aliphatic heterocycles. The lowest BCUT2D eigenvalue weighted by Gasteiger charge is -2.62. The Kier molecular flexibility index (Phi) is 7.59. The molecule has 8 aliphatic rings. The summed E-state index contributed by atoms with van der Waals surface area (Å²) in [6, 6.07) is 0. The second kappa shape index (κ2) is 10.9. The van der Waals surface area contributed by atoms with Gasteiger partial charge in [0.05, 0.1) is 0 Å². The van der Waals surface area contributed by atoms with Crippen LogP contribution in [0.2, 0.25) is 0 Å². The highest BCUT2D eigenvalue weighted by Gasteiger charge is 2.70. The normalized spacial score (nSPS) is 52.3. The van der Waals surface area contributed by atoms with E-state index in [1.165, 1.54) is 13.8 Å². The Morgan fingerprint density at radius 3 is 1.30 bits per heavy atom. The minimum Gasteiger partial charge on any atom is -0.382 e. The second-order valence-corrected chi connectivity index (χ2v) is 19.4. The molecular weight excluding hydrogens is 628 g/mol. The number of Topliss-reactive ketones (excluding diaryl/α,β-unsaturated/α-hetero) is 3. The molecule has 6 fully saturated rings. The molecule has 8 aliphatic carbocycles. The summed E-state index contributed by atoms with van der Waals surface area (Å²) in [5.41, 5.74) is -2.48. The van der Waals surface area contributed by atoms with Crippen molar-refractivity contribution in [2.45, 2.75) is 143 Å². The molecule has 8 rings (SSSR count). The summed E-state index contributed by atoms with van der Waals surface area (Å²) < 4.78 is 0. The van der Waals surface area contributed by atoms with Gasteiger partial charge in [0.15, 0.2) is 23.1 Å². The fourth-order valence-corrected chi connectivity index (χ4v) is 15.5. The molecule has 7 nitrogen and oxygen atoms in total. The zero-order valence-corrected chi connectivity index (χ0v) is 31.1. The van der Waals surface area contributed by atoms with Gasteiger partial charge in [-0.15, -0.1) is 0 Å². The number of rotatable bonds is 4. The number of hydrogen-bond donors (Lipinski definition) is 2. The van der Waals surface area contributed by atoms with E-state index in [9.17, 15) is 29.4 Å². The van der Waals surface area contributed by atoms with Crippen molar-refractivity contribution in [3.05, 3.63) is 23.3 Å². The number of carbonyl (C=O) groups is 5. The second-order valence-electron chi connectivity index (χ2n) is 19.4. The highest BCUT2D eigenvalue weighted by Crippen LogP contribution is 2.71. The molecule has 2 N–H and O–H groups in total. The number of aliphatic hydroxyl groups is 2. The Morgan fingerprint density at radius 1 is 0.580 bits per heavy atom. The molecule has 6 saturated carbocycles. The van der Waals surface area contributed by atoms with Gasteiger partial charge in [0, 0.05) is 46.3 Å². The molecule has 0 saturated heterocycles. The van der Waals surface area contributed by atoms with Gasteiger partial charge in [0.2, 0.25) is 0 Å². The molecule has 0 bridgehead atoms. The number of carbonyl (C=O) groups excluding carboxylic acids is 5. The summed E-state index contributed by atoms with van der Waals surface area (Å²) in [6.45, 7) is 11.7. The van der Waals surface area contributed by atoms with Crippen LogP contribution in [0, 0.1) is 69.0 Å². The molecule has 2 unspecified atom stereocenters. The molecule has 14 atom stereocenters. The van der Waals surface area contributed by atoms with Gasteiger partial charge in [0.25, 0.3) is 0 Å². The first kappa shape index (κ1) is 34.8. The summed E-state index contributed by atoms with van der Waals surface area (Å²) >= 11 is 0. The van der Waals surface area contributed by atoms with E-state index in [1.54, 1.807) is 0 Å². The quantitative estimate of drug-likeness (QED) is 0.337. The van der Waals surface area contributed by atoms with Crippen LogP contribution in [0.3, 0.4) is 0 Å². The summed E-state index contributed by atoms with van der Waals surface area (Å²) in [6.07, 6.45) is 12.9. The van der Waals surface area contributed by atoms with Crippen molar-refractivity contribution >= 4 is 28.9 Å². The average Bonchev–Trinajstić information content (AvgIpc) is 3.51. The van der Waals surface area contributed by atoms with Gasteiger partial charge in [-0.05, 0) is 139 Å². The van der Waals surface area contributed by atoms with Crippen LogP contribution in [-0.2, 0) is 24.0 Å². The van der Waals surface area contributed by atoms with E-state index in [-0.39, 0.29) is 77.3 Å². The molecule has 0 spiro atoms. The van der Waals surface area contributed by atoms with Gasteiger partial charge in [0.1, 0.15) is 17.0 Å². The molecule has 50 heavy (non-hydrogen) atoms. The Morgan fingerprint density at radius 2 is 0.940 bits per heavy atom. The SMILES string of the molecule is CC(=O)[C@@]1(O)CC[C@H]2[C@@H]3CCC4=CC(=O)CC(C(=O)C5CC(=O)C=C6CC[C@H]7[C@@H]8CC[C@](O)(C(C)=O)[C@@]8(C)CC[C@@H]7[C@]65C)[C@]4(C)[C@H]3CC[C@@]21C. The van der Waals surface area contributed by atoms with E-state index in [0.29, 0.717) is 12.8 Å². The molecule has 0 radical (unpaired) electrons. The predicted molar refractivity (Wildman–Crippen MR) is 187 cm³/mol. The fourth-order valence-electron chi connectivity index (χ4n) is 15.5. The van der Waals surface area contributed by atoms with Gasteiger partial charge in [-0.1, -0.05) is 38.8 Å². The van der Waals surface area contributed by atoms with E-state index in [1.807, 2.05) is 12.2 Å². The van der Waals surface area contributed by atoms with E-state index in [0.717, 1.165) is 75.4 Å². The van der Waals surface area contributed by atoms with E-state index in [2.05, 4.69) is 27.7 Å². The summed E-state index contributed by atoms with van der Waals surface area (Å²) in [5, 5.41) is 23.4. The lowest BCUT2D eigenvalue weighted by molar-refractivity contribution is -0.167. The zero-order chi connectivity index (χ0) is 36.0. The third kappa shape index (κ3) is 4.09. The topological polar surface area (TPSA) is 126 Å². The first-order valence-corrected chi connectivity index (χ1v) is 19.9. The number of fused-ring (bicyclic) bond motifs is 10. The van der Waals surface area contributed by atoms with Crippen molar-refractivity contribution < 1.29 is 34.2 Å². The minimum atomic E-state index is -1.32. The molecule has 0 amide bonds. The third-order valence-electron chi connectivity index (χ3n) is 18.4. The van der Waals surface area contributed by atoms with E-state index >= 15 is 4.79 Å². The van der Waals surface area contributed by atoms with Crippen molar-refractivity contribution in [2.24, 2.45) is 69.0 Å². The van der Waals surface area contributed by atoms with Crippen molar-refractivity contribution in [1.29, 1.82) is 0 Å². The van der Waals surface area contributed by atoms with Crippen LogP contribution in [-0.4, -0.2) is 50.3 Å². The Labute approximate surface area is 297 Å². The van der Waals surface area contributed by atoms with Gasteiger partial charge in [-0.2, -0.15) is 0 Å². The largest absolute Gasteiger partial charge is 0.382 e. The van der Waals surface area contributed by atoms with Crippen LogP contribution in [0.1, 0.15) is 131 Å². The zero-order valence-electron chi connectivity index (χ0n) is 31.1. The average molecular weight is 687 g/mol. The van der Waals surface area contributed by atoms with Crippen molar-refractivity contribution in [1.82, 2.24) is 0 Å². The van der Waals surface area contributed by atoms with Crippen LogP contribution in [0.4, 0.5) is 0 Å². The van der Waals surface area contributed by atoms with Crippen LogP contribution < -0.4 is 0 Å².